The van der Waals surface area contributed by atoms with Crippen LogP contribution in [0.4, 0.5) is 0 Å². The van der Waals surface area contributed by atoms with E-state index in [9.17, 15) is 9.59 Å². The average Bonchev–Trinajstić information content (AvgIpc) is 2.46. The predicted octanol–water partition coefficient (Wildman–Crippen LogP) is 0.985. The Bertz CT molecular complexity index is 498. The molecule has 1 aliphatic rings. The molecule has 20 heavy (non-hydrogen) atoms. The second-order valence-corrected chi connectivity index (χ2v) is 5.36. The minimum absolute atomic E-state index is 0.0250. The molecule has 0 radical (unpaired) electrons. The van der Waals surface area contributed by atoms with Gasteiger partial charge in [-0.1, -0.05) is 6.92 Å². The van der Waals surface area contributed by atoms with Gasteiger partial charge in [-0.2, -0.15) is 0 Å². The van der Waals surface area contributed by atoms with Crippen molar-refractivity contribution in [2.45, 2.75) is 25.8 Å². The van der Waals surface area contributed by atoms with Crippen LogP contribution in [-0.4, -0.2) is 35.8 Å². The van der Waals surface area contributed by atoms with Crippen molar-refractivity contribution in [1.82, 2.24) is 4.90 Å². The van der Waals surface area contributed by atoms with Crippen LogP contribution in [0.1, 0.15) is 40.5 Å². The van der Waals surface area contributed by atoms with Gasteiger partial charge < -0.3 is 16.4 Å². The van der Waals surface area contributed by atoms with Gasteiger partial charge in [-0.05, 0) is 43.0 Å². The highest BCUT2D eigenvalue weighted by molar-refractivity contribution is 5.97. The summed E-state index contributed by atoms with van der Waals surface area (Å²) in [4.78, 5) is 25.4. The molecule has 0 unspecified atom stereocenters. The van der Waals surface area contributed by atoms with E-state index >= 15 is 0 Å². The van der Waals surface area contributed by atoms with E-state index in [-0.39, 0.29) is 11.9 Å². The maximum atomic E-state index is 12.5. The first kappa shape index (κ1) is 14.5. The zero-order valence-corrected chi connectivity index (χ0v) is 11.7. The summed E-state index contributed by atoms with van der Waals surface area (Å²) < 4.78 is 0. The Morgan fingerprint density at radius 1 is 1.25 bits per heavy atom. The van der Waals surface area contributed by atoms with E-state index in [1.54, 1.807) is 24.3 Å². The Balaban J connectivity index is 2.19. The molecule has 2 atom stereocenters. The van der Waals surface area contributed by atoms with E-state index < -0.39 is 5.91 Å². The third-order valence-electron chi connectivity index (χ3n) is 4.03. The summed E-state index contributed by atoms with van der Waals surface area (Å²) in [7, 11) is 0. The Morgan fingerprint density at radius 2 is 1.85 bits per heavy atom. The summed E-state index contributed by atoms with van der Waals surface area (Å²) in [5.74, 6) is -0.0963. The van der Waals surface area contributed by atoms with Gasteiger partial charge in [0.15, 0.2) is 0 Å². The summed E-state index contributed by atoms with van der Waals surface area (Å²) in [6.07, 6.45) is 2.11. The molecule has 1 fully saturated rings. The van der Waals surface area contributed by atoms with Crippen molar-refractivity contribution in [2.24, 2.45) is 17.4 Å². The lowest BCUT2D eigenvalue weighted by Gasteiger charge is -2.39. The van der Waals surface area contributed by atoms with Gasteiger partial charge in [-0.15, -0.1) is 0 Å². The van der Waals surface area contributed by atoms with Crippen molar-refractivity contribution in [3.05, 3.63) is 35.4 Å². The SMILES string of the molecule is C[C@@H]1CCCN(C(=O)c2ccc(C(N)=O)cc2)[C@H]1CN. The Labute approximate surface area is 118 Å². The van der Waals surface area contributed by atoms with Crippen LogP contribution in [0.15, 0.2) is 24.3 Å². The van der Waals surface area contributed by atoms with Crippen molar-refractivity contribution in [3.8, 4) is 0 Å². The van der Waals surface area contributed by atoms with Crippen LogP contribution in [0, 0.1) is 5.92 Å². The number of likely N-dealkylation sites (tertiary alicyclic amines) is 1. The largest absolute Gasteiger partial charge is 0.366 e. The van der Waals surface area contributed by atoms with Crippen LogP contribution in [0.2, 0.25) is 0 Å². The van der Waals surface area contributed by atoms with Gasteiger partial charge in [0.1, 0.15) is 0 Å². The normalized spacial score (nSPS) is 22.6. The Hall–Kier alpha value is -1.88. The van der Waals surface area contributed by atoms with Crippen LogP contribution >= 0.6 is 0 Å². The number of hydrogen-bond acceptors (Lipinski definition) is 3. The summed E-state index contributed by atoms with van der Waals surface area (Å²) in [5, 5.41) is 0. The minimum Gasteiger partial charge on any atom is -0.366 e. The van der Waals surface area contributed by atoms with E-state index in [1.807, 2.05) is 4.90 Å². The van der Waals surface area contributed by atoms with Gasteiger partial charge in [0.2, 0.25) is 5.91 Å². The van der Waals surface area contributed by atoms with Crippen molar-refractivity contribution in [3.63, 3.8) is 0 Å². The quantitative estimate of drug-likeness (QED) is 0.861. The fourth-order valence-corrected chi connectivity index (χ4v) is 2.80. The molecule has 108 valence electrons. The number of nitrogens with zero attached hydrogens (tertiary/aromatic N) is 1. The standard InChI is InChI=1S/C15H21N3O2/c1-10-3-2-8-18(13(10)9-16)15(20)12-6-4-11(5-7-12)14(17)19/h4-7,10,13H,2-3,8-9,16H2,1H3,(H2,17,19)/t10-,13+/m1/s1. The molecule has 5 heteroatoms. The Morgan fingerprint density at radius 3 is 2.40 bits per heavy atom. The van der Waals surface area contributed by atoms with Crippen LogP contribution in [-0.2, 0) is 0 Å². The number of hydrogen-bond donors (Lipinski definition) is 2. The van der Waals surface area contributed by atoms with Crippen molar-refractivity contribution < 1.29 is 9.59 Å². The summed E-state index contributed by atoms with van der Waals surface area (Å²) >= 11 is 0. The fraction of sp³-hybridized carbons (Fsp3) is 0.467. The number of primary amides is 1. The van der Waals surface area contributed by atoms with Crippen molar-refractivity contribution in [1.29, 1.82) is 0 Å². The maximum Gasteiger partial charge on any atom is 0.254 e. The molecule has 2 amide bonds. The molecule has 0 aliphatic carbocycles. The molecule has 0 bridgehead atoms. The lowest BCUT2D eigenvalue weighted by Crippen LogP contribution is -2.51. The van der Waals surface area contributed by atoms with Crippen molar-refractivity contribution in [2.75, 3.05) is 13.1 Å². The summed E-state index contributed by atoms with van der Waals surface area (Å²) in [6, 6.07) is 6.55. The van der Waals surface area contributed by atoms with E-state index in [0.29, 0.717) is 23.6 Å². The molecular weight excluding hydrogens is 254 g/mol. The third kappa shape index (κ3) is 2.82. The molecule has 1 heterocycles. The smallest absolute Gasteiger partial charge is 0.254 e. The van der Waals surface area contributed by atoms with Crippen LogP contribution in [0.25, 0.3) is 0 Å². The summed E-state index contributed by atoms with van der Waals surface area (Å²) in [5.41, 5.74) is 12.0. The molecule has 4 N–H and O–H groups in total. The topological polar surface area (TPSA) is 89.4 Å². The molecular formula is C15H21N3O2. The highest BCUT2D eigenvalue weighted by Crippen LogP contribution is 2.24. The monoisotopic (exact) mass is 275 g/mol. The first-order valence-corrected chi connectivity index (χ1v) is 6.95. The van der Waals surface area contributed by atoms with Crippen LogP contribution < -0.4 is 11.5 Å². The lowest BCUT2D eigenvalue weighted by molar-refractivity contribution is 0.0532. The predicted molar refractivity (Wildman–Crippen MR) is 77.2 cm³/mol. The average molecular weight is 275 g/mol. The van der Waals surface area contributed by atoms with Gasteiger partial charge >= 0.3 is 0 Å². The molecule has 0 saturated carbocycles. The van der Waals surface area contributed by atoms with Crippen LogP contribution in [0.5, 0.6) is 0 Å². The molecule has 1 aromatic carbocycles. The van der Waals surface area contributed by atoms with Gasteiger partial charge in [-0.3, -0.25) is 9.59 Å². The number of amides is 2. The first-order valence-electron chi connectivity index (χ1n) is 6.95. The van der Waals surface area contributed by atoms with Gasteiger partial charge in [-0.25, -0.2) is 0 Å². The highest BCUT2D eigenvalue weighted by Gasteiger charge is 2.31. The fourth-order valence-electron chi connectivity index (χ4n) is 2.80. The molecule has 2 rings (SSSR count). The number of rotatable bonds is 3. The Kier molecular flexibility index (Phi) is 4.39. The molecule has 5 nitrogen and oxygen atoms in total. The zero-order valence-electron chi connectivity index (χ0n) is 11.7. The number of carbonyl (C=O) groups is 2. The van der Waals surface area contributed by atoms with E-state index in [4.69, 9.17) is 11.5 Å². The number of piperidine rings is 1. The lowest BCUT2D eigenvalue weighted by atomic mass is 9.90. The zero-order chi connectivity index (χ0) is 14.7. The van der Waals surface area contributed by atoms with Gasteiger partial charge in [0, 0.05) is 30.3 Å². The molecule has 0 spiro atoms. The summed E-state index contributed by atoms with van der Waals surface area (Å²) in [6.45, 7) is 3.35. The van der Waals surface area contributed by atoms with E-state index in [0.717, 1.165) is 19.4 Å². The third-order valence-corrected chi connectivity index (χ3v) is 4.03. The van der Waals surface area contributed by atoms with Crippen molar-refractivity contribution >= 4 is 11.8 Å². The second kappa shape index (κ2) is 6.05. The number of benzene rings is 1. The van der Waals surface area contributed by atoms with Gasteiger partial charge in [0.05, 0.1) is 0 Å². The number of carbonyl (C=O) groups excluding carboxylic acids is 2. The minimum atomic E-state index is -0.490. The molecule has 1 aliphatic heterocycles. The number of nitrogens with two attached hydrogens (primary N) is 2. The highest BCUT2D eigenvalue weighted by atomic mass is 16.2. The first-order chi connectivity index (χ1) is 9.54. The second-order valence-electron chi connectivity index (χ2n) is 5.36. The molecule has 0 aromatic heterocycles. The van der Waals surface area contributed by atoms with E-state index in [2.05, 4.69) is 6.92 Å². The molecule has 1 saturated heterocycles. The van der Waals surface area contributed by atoms with E-state index in [1.165, 1.54) is 0 Å². The van der Waals surface area contributed by atoms with Gasteiger partial charge in [0.25, 0.3) is 5.91 Å². The van der Waals surface area contributed by atoms with Crippen LogP contribution in [0.3, 0.4) is 0 Å². The molecule has 1 aromatic rings. The maximum absolute atomic E-state index is 12.5.